The molecule has 7 heteroatoms. The van der Waals surface area contributed by atoms with Crippen molar-refractivity contribution in [2.75, 3.05) is 0 Å². The maximum atomic E-state index is 6.30. The number of aromatic nitrogens is 5. The molecule has 0 atom stereocenters. The quantitative estimate of drug-likeness (QED) is 0.146. The number of rotatable bonds is 3. The summed E-state index contributed by atoms with van der Waals surface area (Å²) in [5.41, 5.74) is 4.58. The number of aryl methyl sites for hydroxylation is 1. The fraction of sp³-hybridized carbons (Fsp3) is 0.0312. The van der Waals surface area contributed by atoms with Crippen LogP contribution in [0.25, 0.3) is 54.9 Å². The molecule has 0 aliphatic heterocycles. The van der Waals surface area contributed by atoms with Crippen molar-refractivity contribution >= 4 is 49.3 Å². The molecule has 0 fully saturated rings. The van der Waals surface area contributed by atoms with Crippen molar-refractivity contribution in [2.24, 2.45) is 0 Å². The van der Waals surface area contributed by atoms with Crippen molar-refractivity contribution in [3.63, 3.8) is 0 Å². The van der Waals surface area contributed by atoms with Crippen molar-refractivity contribution in [1.29, 1.82) is 0 Å². The first-order valence-electron chi connectivity index (χ1n) is 12.4. The van der Waals surface area contributed by atoms with Gasteiger partial charge in [0.2, 0.25) is 5.88 Å². The first-order valence-corrected chi connectivity index (χ1v) is 12.4. The van der Waals surface area contributed by atoms with E-state index < -0.39 is 0 Å². The van der Waals surface area contributed by atoms with Crippen LogP contribution in [0.1, 0.15) is 5.82 Å². The average molecular weight is 685 g/mol. The van der Waals surface area contributed by atoms with Crippen LogP contribution < -0.4 is 4.74 Å². The van der Waals surface area contributed by atoms with E-state index in [0.717, 1.165) is 54.9 Å². The van der Waals surface area contributed by atoms with Crippen molar-refractivity contribution in [2.45, 2.75) is 6.92 Å². The summed E-state index contributed by atoms with van der Waals surface area (Å²) in [6.45, 7) is 1.90. The molecule has 4 aromatic carbocycles. The number of pyridine rings is 2. The second-order valence-corrected chi connectivity index (χ2v) is 9.25. The third-order valence-electron chi connectivity index (χ3n) is 6.92. The number of nitrogens with zero attached hydrogens (tertiary/aromatic N) is 5. The van der Waals surface area contributed by atoms with E-state index in [0.29, 0.717) is 17.5 Å². The van der Waals surface area contributed by atoms with Gasteiger partial charge in [0.25, 0.3) is 0 Å². The van der Waals surface area contributed by atoms with Crippen LogP contribution in [-0.4, -0.2) is 24.1 Å². The fourth-order valence-electron chi connectivity index (χ4n) is 5.32. The SMILES string of the molecule is Cc1nc2c3[c-]c(Oc4ccc5c6ccccc6n(-c6[c-]cccc6)c5n4)ccc3c3ccccc3n2n1.[Pt+2]. The molecule has 0 N–H and O–H groups in total. The molecular formula is C32H19N5OPt. The summed E-state index contributed by atoms with van der Waals surface area (Å²) in [7, 11) is 0. The Kier molecular flexibility index (Phi) is 5.46. The maximum Gasteiger partial charge on any atom is 2.00 e. The minimum Gasteiger partial charge on any atom is -0.459 e. The number of fused-ring (bicyclic) bond motifs is 9. The van der Waals surface area contributed by atoms with E-state index in [1.807, 2.05) is 72.1 Å². The van der Waals surface area contributed by atoms with Gasteiger partial charge in [-0.25, -0.2) is 0 Å². The summed E-state index contributed by atoms with van der Waals surface area (Å²) < 4.78 is 10.3. The zero-order valence-corrected chi connectivity index (χ0v) is 23.0. The smallest absolute Gasteiger partial charge is 0.459 e. The van der Waals surface area contributed by atoms with Crippen LogP contribution in [0, 0.1) is 19.1 Å². The minimum atomic E-state index is 0. The summed E-state index contributed by atoms with van der Waals surface area (Å²) in [4.78, 5) is 9.64. The summed E-state index contributed by atoms with van der Waals surface area (Å²) >= 11 is 0. The topological polar surface area (TPSA) is 57.2 Å². The summed E-state index contributed by atoms with van der Waals surface area (Å²) in [5.74, 6) is 1.76. The third-order valence-corrected chi connectivity index (χ3v) is 6.92. The molecule has 188 valence electrons. The molecule has 0 aliphatic rings. The zero-order chi connectivity index (χ0) is 25.2. The minimum absolute atomic E-state index is 0. The number of hydrogen-bond acceptors (Lipinski definition) is 4. The van der Waals surface area contributed by atoms with Crippen LogP contribution in [0.4, 0.5) is 0 Å². The molecule has 0 saturated carbocycles. The van der Waals surface area contributed by atoms with Crippen LogP contribution in [0.3, 0.4) is 0 Å². The molecule has 0 radical (unpaired) electrons. The Morgan fingerprint density at radius 1 is 0.692 bits per heavy atom. The molecule has 8 rings (SSSR count). The van der Waals surface area contributed by atoms with E-state index in [1.54, 1.807) is 0 Å². The van der Waals surface area contributed by atoms with Crippen LogP contribution in [0.5, 0.6) is 11.6 Å². The van der Waals surface area contributed by atoms with E-state index in [4.69, 9.17) is 14.7 Å². The van der Waals surface area contributed by atoms with Gasteiger partial charge in [-0.05, 0) is 30.5 Å². The van der Waals surface area contributed by atoms with Gasteiger partial charge in [-0.15, -0.1) is 12.1 Å². The summed E-state index contributed by atoms with van der Waals surface area (Å²) in [5, 5.41) is 9.81. The molecule has 0 bridgehead atoms. The average Bonchev–Trinajstić information content (AvgIpc) is 3.51. The summed E-state index contributed by atoms with van der Waals surface area (Å²) in [6, 6.07) is 39.2. The van der Waals surface area contributed by atoms with Gasteiger partial charge < -0.3 is 9.30 Å². The Balaban J connectivity index is 0.00000253. The van der Waals surface area contributed by atoms with Gasteiger partial charge in [-0.3, -0.25) is 9.50 Å². The number of ether oxygens (including phenoxy) is 1. The van der Waals surface area contributed by atoms with E-state index in [2.05, 4.69) is 58.2 Å². The Bertz CT molecular complexity index is 2180. The normalized spacial score (nSPS) is 11.5. The van der Waals surface area contributed by atoms with E-state index in [9.17, 15) is 0 Å². The van der Waals surface area contributed by atoms with Crippen LogP contribution in [0.2, 0.25) is 0 Å². The van der Waals surface area contributed by atoms with Crippen molar-refractivity contribution in [3.05, 3.63) is 115 Å². The molecule has 0 unspecified atom stereocenters. The Morgan fingerprint density at radius 3 is 2.26 bits per heavy atom. The Hall–Kier alpha value is -4.54. The Labute approximate surface area is 237 Å². The molecule has 0 aliphatic carbocycles. The molecule has 0 spiro atoms. The monoisotopic (exact) mass is 684 g/mol. The van der Waals surface area contributed by atoms with Crippen LogP contribution in [-0.2, 0) is 21.1 Å². The van der Waals surface area contributed by atoms with E-state index in [-0.39, 0.29) is 21.1 Å². The Morgan fingerprint density at radius 2 is 1.44 bits per heavy atom. The maximum absolute atomic E-state index is 6.30. The van der Waals surface area contributed by atoms with Gasteiger partial charge in [0, 0.05) is 22.6 Å². The number of hydrogen-bond donors (Lipinski definition) is 0. The predicted octanol–water partition coefficient (Wildman–Crippen LogP) is 7.23. The summed E-state index contributed by atoms with van der Waals surface area (Å²) in [6.07, 6.45) is 0. The van der Waals surface area contributed by atoms with E-state index in [1.165, 1.54) is 0 Å². The van der Waals surface area contributed by atoms with Crippen LogP contribution in [0.15, 0.2) is 97.1 Å². The molecule has 4 aromatic heterocycles. The largest absolute Gasteiger partial charge is 2.00 e. The standard InChI is InChI=1S/C32H19N5O.Pt/c1-20-33-32-27-19-22(15-16-23(27)24-11-6-8-14-29(24)37(32)35-20)38-30-18-17-26-25-12-5-7-13-28(25)36(31(26)34-30)21-9-3-2-4-10-21;/h2-9,11-18H,1H3;/q-2;+2. The number of para-hydroxylation sites is 3. The van der Waals surface area contributed by atoms with Gasteiger partial charge in [0.1, 0.15) is 11.5 Å². The molecule has 0 amide bonds. The first kappa shape index (κ1) is 23.6. The second kappa shape index (κ2) is 9.04. The molecule has 0 saturated heterocycles. The predicted molar refractivity (Wildman–Crippen MR) is 149 cm³/mol. The molecule has 39 heavy (non-hydrogen) atoms. The molecule has 8 aromatic rings. The molecular weight excluding hydrogens is 665 g/mol. The van der Waals surface area contributed by atoms with Crippen molar-refractivity contribution in [3.8, 4) is 17.3 Å². The van der Waals surface area contributed by atoms with Gasteiger partial charge in [-0.2, -0.15) is 34.3 Å². The zero-order valence-electron chi connectivity index (χ0n) is 20.7. The second-order valence-electron chi connectivity index (χ2n) is 9.25. The van der Waals surface area contributed by atoms with Gasteiger partial charge in [0.05, 0.1) is 16.7 Å². The van der Waals surface area contributed by atoms with Gasteiger partial charge >= 0.3 is 21.1 Å². The van der Waals surface area contributed by atoms with Gasteiger partial charge in [-0.1, -0.05) is 65.0 Å². The van der Waals surface area contributed by atoms with Crippen molar-refractivity contribution in [1.82, 2.24) is 24.1 Å². The van der Waals surface area contributed by atoms with Crippen LogP contribution >= 0.6 is 0 Å². The van der Waals surface area contributed by atoms with Crippen molar-refractivity contribution < 1.29 is 25.8 Å². The van der Waals surface area contributed by atoms with E-state index >= 15 is 0 Å². The number of benzene rings is 4. The first-order chi connectivity index (χ1) is 18.7. The molecule has 4 heterocycles. The fourth-order valence-corrected chi connectivity index (χ4v) is 5.32. The molecule has 6 nitrogen and oxygen atoms in total. The third kappa shape index (κ3) is 3.63. The van der Waals surface area contributed by atoms with Gasteiger partial charge in [0.15, 0.2) is 0 Å².